The van der Waals surface area contributed by atoms with Crippen molar-refractivity contribution >= 4 is 33.6 Å². The van der Waals surface area contributed by atoms with Gasteiger partial charge < -0.3 is 14.8 Å². The van der Waals surface area contributed by atoms with Gasteiger partial charge in [-0.3, -0.25) is 4.79 Å². The Morgan fingerprint density at radius 1 is 1.17 bits per heavy atom. The van der Waals surface area contributed by atoms with Gasteiger partial charge in [0.2, 0.25) is 0 Å². The number of nitriles is 1. The normalized spacial score (nSPS) is 10.7. The Morgan fingerprint density at radius 2 is 1.88 bits per heavy atom. The lowest BCUT2D eigenvalue weighted by Gasteiger charge is -2.06. The molecule has 0 unspecified atom stereocenters. The van der Waals surface area contributed by atoms with Crippen molar-refractivity contribution < 1.29 is 14.3 Å². The lowest BCUT2D eigenvalue weighted by molar-refractivity contribution is -0.112. The number of ether oxygens (including phenoxy) is 2. The van der Waals surface area contributed by atoms with E-state index in [1.807, 2.05) is 6.07 Å². The number of benzene rings is 2. The molecule has 0 aromatic heterocycles. The topological polar surface area (TPSA) is 71.3 Å². The number of amides is 1. The minimum Gasteiger partial charge on any atom is -0.497 e. The zero-order valence-corrected chi connectivity index (χ0v) is 14.8. The molecular weight excluding hydrogens is 372 g/mol. The highest BCUT2D eigenvalue weighted by molar-refractivity contribution is 9.10. The highest BCUT2D eigenvalue weighted by Crippen LogP contribution is 2.26. The molecule has 0 spiro atoms. The lowest BCUT2D eigenvalue weighted by atomic mass is 10.1. The molecule has 2 aromatic carbocycles. The molecule has 1 N–H and O–H groups in total. The van der Waals surface area contributed by atoms with Crippen LogP contribution in [0.2, 0.25) is 0 Å². The molecule has 0 saturated heterocycles. The summed E-state index contributed by atoms with van der Waals surface area (Å²) in [6.45, 7) is 0. The Balaban J connectivity index is 2.18. The van der Waals surface area contributed by atoms with Crippen LogP contribution in [0.1, 0.15) is 5.56 Å². The van der Waals surface area contributed by atoms with Crippen molar-refractivity contribution in [2.75, 3.05) is 19.5 Å². The molecule has 0 fully saturated rings. The number of hydrogen-bond acceptors (Lipinski definition) is 4. The summed E-state index contributed by atoms with van der Waals surface area (Å²) in [6.07, 6.45) is 1.52. The van der Waals surface area contributed by atoms with Gasteiger partial charge in [-0.2, -0.15) is 5.26 Å². The van der Waals surface area contributed by atoms with Crippen molar-refractivity contribution in [3.8, 4) is 17.6 Å². The first-order valence-electron chi connectivity index (χ1n) is 6.98. The second-order valence-corrected chi connectivity index (χ2v) is 5.60. The van der Waals surface area contributed by atoms with Gasteiger partial charge in [-0.1, -0.05) is 6.07 Å². The van der Waals surface area contributed by atoms with Gasteiger partial charge in [-0.05, 0) is 64.0 Å². The fourth-order valence-electron chi connectivity index (χ4n) is 1.96. The zero-order valence-electron chi connectivity index (χ0n) is 13.2. The first-order chi connectivity index (χ1) is 11.6. The minimum absolute atomic E-state index is 0.00267. The maximum absolute atomic E-state index is 12.2. The molecular formula is C18H15BrN2O3. The SMILES string of the molecule is COc1ccc(NC(=O)/C(C#N)=C/c2ccc(OC)c(Br)c2)cc1. The average molecular weight is 387 g/mol. The summed E-state index contributed by atoms with van der Waals surface area (Å²) in [5.74, 6) is 0.884. The van der Waals surface area contributed by atoms with Crippen LogP contribution in [-0.4, -0.2) is 20.1 Å². The molecule has 0 aliphatic heterocycles. The molecule has 0 aliphatic rings. The predicted molar refractivity (Wildman–Crippen MR) is 95.9 cm³/mol. The average Bonchev–Trinajstić information content (AvgIpc) is 2.60. The third kappa shape index (κ3) is 4.37. The standard InChI is InChI=1S/C18H15BrN2O3/c1-23-15-6-4-14(5-7-15)21-18(22)13(11-20)9-12-3-8-17(24-2)16(19)10-12/h3-10H,1-2H3,(H,21,22)/b13-9+. The molecule has 5 nitrogen and oxygen atoms in total. The Bertz CT molecular complexity index is 808. The van der Waals surface area contributed by atoms with Crippen LogP contribution in [0.25, 0.3) is 6.08 Å². The Hall–Kier alpha value is -2.78. The molecule has 0 bridgehead atoms. The van der Waals surface area contributed by atoms with E-state index in [0.29, 0.717) is 22.7 Å². The van der Waals surface area contributed by atoms with Crippen molar-refractivity contribution in [2.24, 2.45) is 0 Å². The fraction of sp³-hybridized carbons (Fsp3) is 0.111. The highest BCUT2D eigenvalue weighted by atomic mass is 79.9. The molecule has 0 atom stereocenters. The summed E-state index contributed by atoms with van der Waals surface area (Å²) in [5, 5.41) is 11.9. The van der Waals surface area contributed by atoms with Crippen LogP contribution in [0.4, 0.5) is 5.69 Å². The second-order valence-electron chi connectivity index (χ2n) is 4.75. The summed E-state index contributed by atoms with van der Waals surface area (Å²) < 4.78 is 11.0. The van der Waals surface area contributed by atoms with E-state index in [0.717, 1.165) is 4.47 Å². The maximum Gasteiger partial charge on any atom is 0.266 e. The molecule has 0 saturated carbocycles. The van der Waals surface area contributed by atoms with Crippen LogP contribution in [0.5, 0.6) is 11.5 Å². The predicted octanol–water partition coefficient (Wildman–Crippen LogP) is 4.01. The van der Waals surface area contributed by atoms with Crippen LogP contribution < -0.4 is 14.8 Å². The first-order valence-corrected chi connectivity index (χ1v) is 7.77. The third-order valence-corrected chi connectivity index (χ3v) is 3.82. The van der Waals surface area contributed by atoms with E-state index < -0.39 is 5.91 Å². The number of rotatable bonds is 5. The minimum atomic E-state index is -0.477. The maximum atomic E-state index is 12.2. The van der Waals surface area contributed by atoms with Gasteiger partial charge in [-0.25, -0.2) is 0 Å². The lowest BCUT2D eigenvalue weighted by Crippen LogP contribution is -2.13. The molecule has 1 amide bonds. The molecule has 0 aliphatic carbocycles. The van der Waals surface area contributed by atoms with Crippen LogP contribution in [0, 0.1) is 11.3 Å². The van der Waals surface area contributed by atoms with Gasteiger partial charge in [0.15, 0.2) is 0 Å². The van der Waals surface area contributed by atoms with Gasteiger partial charge in [-0.15, -0.1) is 0 Å². The van der Waals surface area contributed by atoms with Gasteiger partial charge >= 0.3 is 0 Å². The number of hydrogen-bond donors (Lipinski definition) is 1. The van der Waals surface area contributed by atoms with E-state index in [1.54, 1.807) is 56.7 Å². The van der Waals surface area contributed by atoms with E-state index in [9.17, 15) is 10.1 Å². The van der Waals surface area contributed by atoms with Crippen LogP contribution >= 0.6 is 15.9 Å². The van der Waals surface area contributed by atoms with E-state index in [-0.39, 0.29) is 5.57 Å². The van der Waals surface area contributed by atoms with Crippen molar-refractivity contribution in [1.29, 1.82) is 5.26 Å². The fourth-order valence-corrected chi connectivity index (χ4v) is 2.52. The number of carbonyl (C=O) groups is 1. The Kier molecular flexibility index (Phi) is 5.99. The van der Waals surface area contributed by atoms with E-state index in [1.165, 1.54) is 6.08 Å². The molecule has 2 rings (SSSR count). The number of nitrogens with zero attached hydrogens (tertiary/aromatic N) is 1. The Morgan fingerprint density at radius 3 is 2.42 bits per heavy atom. The monoisotopic (exact) mass is 386 g/mol. The van der Waals surface area contributed by atoms with Crippen LogP contribution in [0.3, 0.4) is 0 Å². The van der Waals surface area contributed by atoms with E-state index in [4.69, 9.17) is 9.47 Å². The summed E-state index contributed by atoms with van der Waals surface area (Å²) in [6, 6.07) is 14.1. The summed E-state index contributed by atoms with van der Waals surface area (Å²) in [5.41, 5.74) is 1.30. The Labute approximate surface area is 148 Å². The summed E-state index contributed by atoms with van der Waals surface area (Å²) in [7, 11) is 3.13. The second kappa shape index (κ2) is 8.18. The van der Waals surface area contributed by atoms with E-state index >= 15 is 0 Å². The molecule has 24 heavy (non-hydrogen) atoms. The van der Waals surface area contributed by atoms with Gasteiger partial charge in [0.1, 0.15) is 23.1 Å². The number of halogens is 1. The molecule has 6 heteroatoms. The zero-order chi connectivity index (χ0) is 17.5. The molecule has 2 aromatic rings. The van der Waals surface area contributed by atoms with Gasteiger partial charge in [0, 0.05) is 5.69 Å². The summed E-state index contributed by atoms with van der Waals surface area (Å²) >= 11 is 3.37. The van der Waals surface area contributed by atoms with Crippen LogP contribution in [0.15, 0.2) is 52.5 Å². The molecule has 0 radical (unpaired) electrons. The third-order valence-electron chi connectivity index (χ3n) is 3.20. The summed E-state index contributed by atoms with van der Waals surface area (Å²) in [4.78, 5) is 12.2. The molecule has 122 valence electrons. The van der Waals surface area contributed by atoms with E-state index in [2.05, 4.69) is 21.2 Å². The highest BCUT2D eigenvalue weighted by Gasteiger charge is 2.10. The van der Waals surface area contributed by atoms with Crippen molar-refractivity contribution in [3.63, 3.8) is 0 Å². The number of anilines is 1. The first kappa shape index (κ1) is 17.6. The van der Waals surface area contributed by atoms with Crippen LogP contribution in [-0.2, 0) is 4.79 Å². The van der Waals surface area contributed by atoms with Gasteiger partial charge in [0.05, 0.1) is 18.7 Å². The van der Waals surface area contributed by atoms with Crippen molar-refractivity contribution in [2.45, 2.75) is 0 Å². The largest absolute Gasteiger partial charge is 0.497 e. The molecule has 0 heterocycles. The number of carbonyl (C=O) groups excluding carboxylic acids is 1. The smallest absolute Gasteiger partial charge is 0.266 e. The van der Waals surface area contributed by atoms with Crippen molar-refractivity contribution in [1.82, 2.24) is 0 Å². The quantitative estimate of drug-likeness (QED) is 0.622. The number of nitrogens with one attached hydrogen (secondary N) is 1. The van der Waals surface area contributed by atoms with Crippen molar-refractivity contribution in [3.05, 3.63) is 58.1 Å². The van der Waals surface area contributed by atoms with Gasteiger partial charge in [0.25, 0.3) is 5.91 Å². The number of methoxy groups -OCH3 is 2.